The number of carboxylic acids is 2. The number of ether oxygens (including phenoxy) is 2. The fourth-order valence-electron chi connectivity index (χ4n) is 3.80. The zero-order valence-corrected chi connectivity index (χ0v) is 22.9. The lowest BCUT2D eigenvalue weighted by molar-refractivity contribution is -0.192. The number of alkyl halides is 3. The highest BCUT2D eigenvalue weighted by Crippen LogP contribution is 2.32. The molecular weight excluding hydrogens is 527 g/mol. The third-order valence-corrected chi connectivity index (χ3v) is 5.73. The number of rotatable bonds is 11. The summed E-state index contributed by atoms with van der Waals surface area (Å²) in [5.74, 6) is -1.87. The summed E-state index contributed by atoms with van der Waals surface area (Å²) in [6.45, 7) is 6.25. The maximum atomic E-state index is 10.7. The van der Waals surface area contributed by atoms with Crippen LogP contribution in [-0.4, -0.2) is 60.5 Å². The van der Waals surface area contributed by atoms with Crippen molar-refractivity contribution in [2.24, 2.45) is 0 Å². The predicted molar refractivity (Wildman–Crippen MR) is 146 cm³/mol. The van der Waals surface area contributed by atoms with Crippen LogP contribution in [0.15, 0.2) is 60.7 Å². The van der Waals surface area contributed by atoms with E-state index in [1.54, 1.807) is 0 Å². The van der Waals surface area contributed by atoms with E-state index in [-0.39, 0.29) is 6.42 Å². The molecule has 0 amide bonds. The van der Waals surface area contributed by atoms with E-state index in [4.69, 9.17) is 24.5 Å². The largest absolute Gasteiger partial charge is 0.492 e. The monoisotopic (exact) mass is 561 g/mol. The van der Waals surface area contributed by atoms with Crippen LogP contribution in [0.5, 0.6) is 11.5 Å². The molecule has 3 aromatic rings. The van der Waals surface area contributed by atoms with Crippen LogP contribution in [0.4, 0.5) is 13.2 Å². The third kappa shape index (κ3) is 11.0. The Bertz CT molecular complexity index is 1250. The van der Waals surface area contributed by atoms with E-state index in [1.165, 1.54) is 16.7 Å². The first kappa shape index (κ1) is 32.2. The van der Waals surface area contributed by atoms with Gasteiger partial charge in [-0.3, -0.25) is 4.79 Å². The molecule has 0 spiro atoms. The maximum Gasteiger partial charge on any atom is 0.490 e. The van der Waals surface area contributed by atoms with E-state index >= 15 is 0 Å². The van der Waals surface area contributed by atoms with Gasteiger partial charge >= 0.3 is 18.1 Å². The summed E-state index contributed by atoms with van der Waals surface area (Å²) in [7, 11) is 4.08. The Hall–Kier alpha value is -4.05. The second-order valence-electron chi connectivity index (χ2n) is 9.41. The van der Waals surface area contributed by atoms with Crippen molar-refractivity contribution >= 4 is 11.9 Å². The van der Waals surface area contributed by atoms with Crippen LogP contribution in [0.3, 0.4) is 0 Å². The van der Waals surface area contributed by atoms with Crippen molar-refractivity contribution in [1.82, 2.24) is 4.90 Å². The molecule has 0 aliphatic rings. The molecule has 0 bridgehead atoms. The van der Waals surface area contributed by atoms with Crippen molar-refractivity contribution in [2.75, 3.05) is 27.2 Å². The zero-order valence-electron chi connectivity index (χ0n) is 22.9. The van der Waals surface area contributed by atoms with Gasteiger partial charge in [0.25, 0.3) is 0 Å². The molecule has 10 heteroatoms. The molecule has 0 fully saturated rings. The van der Waals surface area contributed by atoms with Crippen molar-refractivity contribution in [1.29, 1.82) is 0 Å². The Balaban J connectivity index is 0.000000708. The molecule has 2 N–H and O–H groups in total. The van der Waals surface area contributed by atoms with E-state index < -0.39 is 18.1 Å². The van der Waals surface area contributed by atoms with Crippen LogP contribution in [0.2, 0.25) is 0 Å². The fourth-order valence-corrected chi connectivity index (χ4v) is 3.80. The quantitative estimate of drug-likeness (QED) is 0.290. The molecule has 0 unspecified atom stereocenters. The molecule has 0 atom stereocenters. The zero-order chi connectivity index (χ0) is 29.9. The van der Waals surface area contributed by atoms with Crippen molar-refractivity contribution in [3.8, 4) is 22.6 Å². The molecule has 0 radical (unpaired) electrons. The van der Waals surface area contributed by atoms with Crippen molar-refractivity contribution in [2.45, 2.75) is 39.5 Å². The Morgan fingerprint density at radius 1 is 0.850 bits per heavy atom. The number of carbonyl (C=O) groups is 2. The van der Waals surface area contributed by atoms with Gasteiger partial charge in [-0.05, 0) is 98.1 Å². The van der Waals surface area contributed by atoms with Crippen LogP contribution in [0.25, 0.3) is 11.1 Å². The summed E-state index contributed by atoms with van der Waals surface area (Å²) in [5.41, 5.74) is 6.84. The molecule has 40 heavy (non-hydrogen) atoms. The molecule has 0 saturated carbocycles. The first-order valence-corrected chi connectivity index (χ1v) is 12.5. The molecule has 7 nitrogen and oxygen atoms in total. The molecule has 216 valence electrons. The Kier molecular flexibility index (Phi) is 12.0. The number of carboxylic acid groups (broad SMARTS) is 2. The first-order chi connectivity index (χ1) is 18.8. The Morgan fingerprint density at radius 2 is 1.45 bits per heavy atom. The van der Waals surface area contributed by atoms with Crippen LogP contribution >= 0.6 is 0 Å². The van der Waals surface area contributed by atoms with E-state index in [1.807, 2.05) is 38.4 Å². The SMILES string of the molecule is Cc1cc(OCCN(C)C)cc(C)c1-c1cccc(COc2ccc(CCC(=O)O)cc2)c1.O=C(O)C(F)(F)F. The van der Waals surface area contributed by atoms with E-state index in [2.05, 4.69) is 55.1 Å². The van der Waals surface area contributed by atoms with Gasteiger partial charge in [0.1, 0.15) is 24.7 Å². The molecule has 0 aliphatic heterocycles. The van der Waals surface area contributed by atoms with Gasteiger partial charge in [0, 0.05) is 13.0 Å². The average Bonchev–Trinajstić information content (AvgIpc) is 2.86. The lowest BCUT2D eigenvalue weighted by Crippen LogP contribution is -2.21. The van der Waals surface area contributed by atoms with Gasteiger partial charge in [-0.2, -0.15) is 13.2 Å². The molecule has 0 heterocycles. The third-order valence-electron chi connectivity index (χ3n) is 5.73. The second-order valence-corrected chi connectivity index (χ2v) is 9.41. The highest BCUT2D eigenvalue weighted by atomic mass is 19.4. The van der Waals surface area contributed by atoms with E-state index in [0.717, 1.165) is 34.7 Å². The van der Waals surface area contributed by atoms with Crippen LogP contribution in [0.1, 0.15) is 28.7 Å². The predicted octanol–water partition coefficient (Wildman–Crippen LogP) is 6.14. The molecule has 0 aliphatic carbocycles. The average molecular weight is 562 g/mol. The van der Waals surface area contributed by atoms with Crippen molar-refractivity contribution in [3.05, 3.63) is 82.9 Å². The Morgan fingerprint density at radius 3 is 1.98 bits per heavy atom. The number of benzene rings is 3. The normalized spacial score (nSPS) is 11.0. The smallest absolute Gasteiger partial charge is 0.490 e. The maximum absolute atomic E-state index is 10.7. The van der Waals surface area contributed by atoms with Gasteiger partial charge in [-0.25, -0.2) is 4.79 Å². The summed E-state index contributed by atoms with van der Waals surface area (Å²) >= 11 is 0. The summed E-state index contributed by atoms with van der Waals surface area (Å²) < 4.78 is 43.6. The van der Waals surface area contributed by atoms with Gasteiger partial charge in [0.15, 0.2) is 0 Å². The van der Waals surface area contributed by atoms with Crippen LogP contribution in [0, 0.1) is 13.8 Å². The van der Waals surface area contributed by atoms with Crippen molar-refractivity contribution in [3.63, 3.8) is 0 Å². The minimum Gasteiger partial charge on any atom is -0.492 e. The molecular formula is C30H34F3NO6. The standard InChI is InChI=1S/C28H33NO4.C2HF3O2/c1-20-16-26(32-15-14-29(3)4)17-21(2)28(20)24-7-5-6-23(18-24)19-33-25-11-8-22(9-12-25)10-13-27(30)31;3-2(4,5)1(6)7/h5-9,11-12,16-18H,10,13-15,19H2,1-4H3,(H,30,31);(H,6,7). The second kappa shape index (κ2) is 14.9. The molecule has 0 aromatic heterocycles. The number of aliphatic carboxylic acids is 2. The highest BCUT2D eigenvalue weighted by molar-refractivity contribution is 5.73. The fraction of sp³-hybridized carbons (Fsp3) is 0.333. The Labute approximate surface area is 231 Å². The molecule has 3 rings (SSSR count). The van der Waals surface area contributed by atoms with Gasteiger partial charge in [0.05, 0.1) is 0 Å². The van der Waals surface area contributed by atoms with Crippen LogP contribution < -0.4 is 9.47 Å². The minimum atomic E-state index is -5.08. The van der Waals surface area contributed by atoms with E-state index in [0.29, 0.717) is 19.6 Å². The summed E-state index contributed by atoms with van der Waals surface area (Å²) in [6, 6.07) is 20.3. The summed E-state index contributed by atoms with van der Waals surface area (Å²) in [6.07, 6.45) is -4.43. The van der Waals surface area contributed by atoms with Gasteiger partial charge in [-0.1, -0.05) is 30.3 Å². The highest BCUT2D eigenvalue weighted by Gasteiger charge is 2.38. The van der Waals surface area contributed by atoms with Gasteiger partial charge < -0.3 is 24.6 Å². The van der Waals surface area contributed by atoms with Crippen molar-refractivity contribution < 1.29 is 42.4 Å². The van der Waals surface area contributed by atoms with E-state index in [9.17, 15) is 18.0 Å². The number of likely N-dealkylation sites (N-methyl/N-ethyl adjacent to an activating group) is 1. The first-order valence-electron chi connectivity index (χ1n) is 12.5. The lowest BCUT2D eigenvalue weighted by Gasteiger charge is -2.16. The number of halogens is 3. The number of hydrogen-bond acceptors (Lipinski definition) is 5. The summed E-state index contributed by atoms with van der Waals surface area (Å²) in [5, 5.41) is 15.9. The number of aryl methyl sites for hydroxylation is 3. The van der Waals surface area contributed by atoms with Gasteiger partial charge in [0.2, 0.25) is 0 Å². The lowest BCUT2D eigenvalue weighted by atomic mass is 9.94. The minimum absolute atomic E-state index is 0.134. The summed E-state index contributed by atoms with van der Waals surface area (Å²) in [4.78, 5) is 21.7. The number of hydrogen-bond donors (Lipinski definition) is 2. The van der Waals surface area contributed by atoms with Gasteiger partial charge in [-0.15, -0.1) is 0 Å². The molecule has 0 saturated heterocycles. The number of nitrogens with zero attached hydrogens (tertiary/aromatic N) is 1. The topological polar surface area (TPSA) is 96.3 Å². The van der Waals surface area contributed by atoms with Crippen LogP contribution in [-0.2, 0) is 22.6 Å². The molecule has 3 aromatic carbocycles.